The van der Waals surface area contributed by atoms with Gasteiger partial charge in [0, 0.05) is 4.88 Å². The molecule has 0 radical (unpaired) electrons. The molecule has 2 aromatic carbocycles. The third kappa shape index (κ3) is 4.63. The number of fused-ring (bicyclic) bond motifs is 3. The van der Waals surface area contributed by atoms with Crippen LogP contribution in [0.3, 0.4) is 0 Å². The Balaban J connectivity index is 1.51. The Morgan fingerprint density at radius 1 is 0.946 bits per heavy atom. The van der Waals surface area contributed by atoms with E-state index in [0.717, 1.165) is 54.3 Å². The van der Waals surface area contributed by atoms with E-state index in [2.05, 4.69) is 4.98 Å². The maximum atomic E-state index is 14.0. The molecule has 0 atom stereocenters. The molecule has 5 nitrogen and oxygen atoms in total. The minimum Gasteiger partial charge on any atom is -0.320 e. The number of carbonyl (C=O) groups is 1. The van der Waals surface area contributed by atoms with Gasteiger partial charge in [-0.25, -0.2) is 26.9 Å². The molecule has 12 heteroatoms. The van der Waals surface area contributed by atoms with Crippen molar-refractivity contribution in [3.05, 3.63) is 80.2 Å². The van der Waals surface area contributed by atoms with Crippen LogP contribution in [0.4, 0.5) is 27.6 Å². The van der Waals surface area contributed by atoms with Crippen LogP contribution in [-0.4, -0.2) is 21.2 Å². The largest absolute Gasteiger partial charge is 0.320 e. The number of para-hydroxylation sites is 1. The normalized spacial score (nSPS) is 13.4. The highest BCUT2D eigenvalue weighted by Gasteiger charge is 2.27. The number of hydrogen-bond acceptors (Lipinski definition) is 5. The first-order valence-corrected chi connectivity index (χ1v) is 13.1. The molecule has 0 aliphatic heterocycles. The Hall–Kier alpha value is -3.25. The number of carbonyl (C=O) groups excluding carboxylic acids is 1. The summed E-state index contributed by atoms with van der Waals surface area (Å²) in [5.41, 5.74) is -0.218. The predicted octanol–water partition coefficient (Wildman–Crippen LogP) is 6.14. The molecule has 0 spiro atoms. The quantitative estimate of drug-likeness (QED) is 0.0808. The molecule has 2 heterocycles. The highest BCUT2D eigenvalue weighted by Crippen LogP contribution is 2.35. The summed E-state index contributed by atoms with van der Waals surface area (Å²) in [6.07, 6.45) is 4.70. The highest BCUT2D eigenvalue weighted by atomic mass is 32.2. The lowest BCUT2D eigenvalue weighted by Gasteiger charge is -2.13. The van der Waals surface area contributed by atoms with Crippen LogP contribution in [-0.2, 0) is 17.6 Å². The Kier molecular flexibility index (Phi) is 7.04. The molecule has 1 aliphatic carbocycles. The Labute approximate surface area is 215 Å². The predicted molar refractivity (Wildman–Crippen MR) is 132 cm³/mol. The Morgan fingerprint density at radius 3 is 2.30 bits per heavy atom. The average molecular weight is 552 g/mol. The topological polar surface area (TPSA) is 64.0 Å². The van der Waals surface area contributed by atoms with E-state index in [1.54, 1.807) is 35.6 Å². The molecule has 37 heavy (non-hydrogen) atoms. The summed E-state index contributed by atoms with van der Waals surface area (Å²) in [7, 11) is 0. The van der Waals surface area contributed by atoms with Gasteiger partial charge >= 0.3 is 0 Å². The van der Waals surface area contributed by atoms with Gasteiger partial charge in [0.1, 0.15) is 10.5 Å². The van der Waals surface area contributed by atoms with Gasteiger partial charge < -0.3 is 5.32 Å². The van der Waals surface area contributed by atoms with E-state index in [0.29, 0.717) is 15.9 Å². The van der Waals surface area contributed by atoms with E-state index in [9.17, 15) is 31.5 Å². The summed E-state index contributed by atoms with van der Waals surface area (Å²) in [5, 5.41) is 2.45. The number of benzene rings is 2. The van der Waals surface area contributed by atoms with Gasteiger partial charge in [-0.05, 0) is 43.4 Å². The fraction of sp³-hybridized carbons (Fsp3) is 0.240. The number of rotatable bonds is 5. The number of aryl methyl sites for hydroxylation is 2. The number of aromatic nitrogens is 2. The van der Waals surface area contributed by atoms with Gasteiger partial charge in [-0.2, -0.15) is 0 Å². The number of thioether (sulfide) groups is 1. The van der Waals surface area contributed by atoms with Crippen LogP contribution < -0.4 is 10.9 Å². The van der Waals surface area contributed by atoms with Gasteiger partial charge in [0.05, 0.1) is 16.8 Å². The second-order valence-electron chi connectivity index (χ2n) is 8.40. The molecule has 192 valence electrons. The second-order valence-corrected chi connectivity index (χ2v) is 10.4. The van der Waals surface area contributed by atoms with E-state index in [1.807, 2.05) is 0 Å². The number of nitrogens with zero attached hydrogens (tertiary/aromatic N) is 2. The molecule has 1 aliphatic rings. The molecule has 5 rings (SSSR count). The molecule has 4 aromatic rings. The standard InChI is InChI=1S/C25H18F5N3O2S2/c26-17-18(27)20(29)22(21(30)19(17)28)31-15(34)11-36-25-32-23-16(13-9-5-2-6-10-14(13)37-23)24(35)33(25)12-7-3-1-4-8-12/h1,3-4,7-8H,2,5-6,9-11H2,(H,31,34). The first-order chi connectivity index (χ1) is 17.8. The van der Waals surface area contributed by atoms with E-state index < -0.39 is 46.4 Å². The van der Waals surface area contributed by atoms with Gasteiger partial charge in [0.25, 0.3) is 5.56 Å². The zero-order valence-corrected chi connectivity index (χ0v) is 20.7. The van der Waals surface area contributed by atoms with Gasteiger partial charge in [0.2, 0.25) is 11.7 Å². The summed E-state index contributed by atoms with van der Waals surface area (Å²) < 4.78 is 69.6. The number of halogens is 5. The number of nitrogens with one attached hydrogen (secondary N) is 1. The van der Waals surface area contributed by atoms with Crippen LogP contribution in [0.1, 0.15) is 29.7 Å². The Morgan fingerprint density at radius 2 is 1.59 bits per heavy atom. The fourth-order valence-electron chi connectivity index (χ4n) is 4.28. The van der Waals surface area contributed by atoms with Crippen LogP contribution in [0.5, 0.6) is 0 Å². The van der Waals surface area contributed by atoms with Crippen molar-refractivity contribution in [2.75, 3.05) is 11.1 Å². The molecule has 2 aromatic heterocycles. The maximum Gasteiger partial charge on any atom is 0.267 e. The third-order valence-corrected chi connectivity index (χ3v) is 8.15. The van der Waals surface area contributed by atoms with Gasteiger partial charge in [-0.1, -0.05) is 36.4 Å². The van der Waals surface area contributed by atoms with Crippen molar-refractivity contribution in [3.8, 4) is 5.69 Å². The zero-order chi connectivity index (χ0) is 26.3. The molecule has 1 amide bonds. The summed E-state index contributed by atoms with van der Waals surface area (Å²) in [4.78, 5) is 32.5. The molecule has 0 saturated heterocycles. The molecule has 1 N–H and O–H groups in total. The smallest absolute Gasteiger partial charge is 0.267 e. The van der Waals surface area contributed by atoms with Crippen molar-refractivity contribution in [3.63, 3.8) is 0 Å². The lowest BCUT2D eigenvalue weighted by atomic mass is 10.1. The van der Waals surface area contributed by atoms with E-state index in [-0.39, 0.29) is 10.7 Å². The summed E-state index contributed by atoms with van der Waals surface area (Å²) in [6, 6.07) is 8.67. The zero-order valence-electron chi connectivity index (χ0n) is 19.0. The minimum absolute atomic E-state index is 0.160. The van der Waals surface area contributed by atoms with Crippen molar-refractivity contribution in [1.29, 1.82) is 0 Å². The number of hydrogen-bond donors (Lipinski definition) is 1. The molecular formula is C25H18F5N3O2S2. The first-order valence-electron chi connectivity index (χ1n) is 11.3. The third-order valence-electron chi connectivity index (χ3n) is 6.03. The SMILES string of the molecule is O=C(CSc1nc2sc3c(c2c(=O)n1-c1ccccc1)CCCCC3)Nc1c(F)c(F)c(F)c(F)c1F. The lowest BCUT2D eigenvalue weighted by molar-refractivity contribution is -0.113. The molecule has 0 unspecified atom stereocenters. The van der Waals surface area contributed by atoms with E-state index >= 15 is 0 Å². The second kappa shape index (κ2) is 10.3. The maximum absolute atomic E-state index is 14.0. The summed E-state index contributed by atoms with van der Waals surface area (Å²) >= 11 is 2.25. The van der Waals surface area contributed by atoms with Gasteiger partial charge in [-0.3, -0.25) is 14.2 Å². The van der Waals surface area contributed by atoms with Gasteiger partial charge in [0.15, 0.2) is 28.4 Å². The van der Waals surface area contributed by atoms with Crippen molar-refractivity contribution in [2.45, 2.75) is 37.3 Å². The van der Waals surface area contributed by atoms with Crippen LogP contribution in [0.25, 0.3) is 15.9 Å². The molecule has 0 bridgehead atoms. The lowest BCUT2D eigenvalue weighted by Crippen LogP contribution is -2.23. The average Bonchev–Trinajstić information content (AvgIpc) is 3.09. The minimum atomic E-state index is -2.32. The van der Waals surface area contributed by atoms with Crippen molar-refractivity contribution >= 4 is 44.9 Å². The van der Waals surface area contributed by atoms with Crippen molar-refractivity contribution in [1.82, 2.24) is 9.55 Å². The molecular weight excluding hydrogens is 533 g/mol. The summed E-state index contributed by atoms with van der Waals surface area (Å²) in [5.74, 6) is -12.5. The number of thiophene rings is 1. The fourth-order valence-corrected chi connectivity index (χ4v) is 6.40. The summed E-state index contributed by atoms with van der Waals surface area (Å²) in [6.45, 7) is 0. The molecule has 0 fully saturated rings. The highest BCUT2D eigenvalue weighted by molar-refractivity contribution is 7.99. The van der Waals surface area contributed by atoms with Crippen LogP contribution in [0.15, 0.2) is 40.3 Å². The van der Waals surface area contributed by atoms with Crippen molar-refractivity contribution < 1.29 is 26.7 Å². The van der Waals surface area contributed by atoms with Crippen LogP contribution in [0, 0.1) is 29.1 Å². The number of anilines is 1. The Bertz CT molecular complexity index is 1560. The number of amides is 1. The monoisotopic (exact) mass is 551 g/mol. The van der Waals surface area contributed by atoms with Crippen molar-refractivity contribution in [2.24, 2.45) is 0 Å². The van der Waals surface area contributed by atoms with E-state index in [1.165, 1.54) is 15.9 Å². The van der Waals surface area contributed by atoms with E-state index in [4.69, 9.17) is 0 Å². The van der Waals surface area contributed by atoms with Crippen LogP contribution >= 0.6 is 23.1 Å². The molecule has 0 saturated carbocycles. The van der Waals surface area contributed by atoms with Crippen LogP contribution in [0.2, 0.25) is 0 Å². The van der Waals surface area contributed by atoms with Gasteiger partial charge in [-0.15, -0.1) is 11.3 Å². The first kappa shape index (κ1) is 25.4.